The first-order valence-corrected chi connectivity index (χ1v) is 6.96. The van der Waals surface area contributed by atoms with E-state index >= 15 is 0 Å². The molecule has 1 heterocycles. The highest BCUT2D eigenvalue weighted by molar-refractivity contribution is 4.88. The summed E-state index contributed by atoms with van der Waals surface area (Å²) in [7, 11) is 0. The van der Waals surface area contributed by atoms with E-state index in [1.807, 2.05) is 0 Å². The lowest BCUT2D eigenvalue weighted by Gasteiger charge is -2.46. The number of hydrogen-bond donors (Lipinski definition) is 0. The summed E-state index contributed by atoms with van der Waals surface area (Å²) in [5.41, 5.74) is 0. The van der Waals surface area contributed by atoms with Crippen LogP contribution in [0.15, 0.2) is 0 Å². The molecule has 0 aromatic heterocycles. The molecule has 1 nitrogen and oxygen atoms in total. The van der Waals surface area contributed by atoms with E-state index in [1.165, 1.54) is 45.2 Å². The van der Waals surface area contributed by atoms with Crippen LogP contribution in [-0.2, 0) is 0 Å². The first-order chi connectivity index (χ1) is 7.22. The molecular weight excluding hydrogens is 182 g/mol. The molecule has 1 aliphatic carbocycles. The normalized spacial score (nSPS) is 34.4. The van der Waals surface area contributed by atoms with Crippen LogP contribution in [0, 0.1) is 17.8 Å². The van der Waals surface area contributed by atoms with Gasteiger partial charge in [-0.25, -0.2) is 0 Å². The van der Waals surface area contributed by atoms with Crippen molar-refractivity contribution in [1.82, 2.24) is 4.90 Å². The van der Waals surface area contributed by atoms with Crippen molar-refractivity contribution in [2.75, 3.05) is 13.1 Å². The minimum Gasteiger partial charge on any atom is -0.300 e. The standard InChI is InChI=1S/C14H27N/c1-4-12-8-9-15(13-6-5-7-13)10-14(12)11(2)3/h11-14H,4-10H2,1-3H3/t12-,14+/m1/s1. The van der Waals surface area contributed by atoms with Crippen LogP contribution >= 0.6 is 0 Å². The van der Waals surface area contributed by atoms with E-state index in [9.17, 15) is 0 Å². The summed E-state index contributed by atoms with van der Waals surface area (Å²) in [5, 5.41) is 0. The number of nitrogens with zero attached hydrogens (tertiary/aromatic N) is 1. The lowest BCUT2D eigenvalue weighted by Crippen LogP contribution is -2.49. The number of piperidine rings is 1. The quantitative estimate of drug-likeness (QED) is 0.687. The SMILES string of the molecule is CC[C@@H]1CCN(C2CCC2)C[C@H]1C(C)C. The summed E-state index contributed by atoms with van der Waals surface area (Å²) in [4.78, 5) is 2.79. The van der Waals surface area contributed by atoms with Gasteiger partial charge in [-0.3, -0.25) is 0 Å². The van der Waals surface area contributed by atoms with E-state index in [-0.39, 0.29) is 0 Å². The average Bonchev–Trinajstić information content (AvgIpc) is 2.15. The van der Waals surface area contributed by atoms with Gasteiger partial charge in [-0.2, -0.15) is 0 Å². The predicted molar refractivity (Wildman–Crippen MR) is 65.9 cm³/mol. The van der Waals surface area contributed by atoms with Crippen LogP contribution in [0.5, 0.6) is 0 Å². The first kappa shape index (κ1) is 11.4. The van der Waals surface area contributed by atoms with Crippen LogP contribution in [0.1, 0.15) is 52.9 Å². The van der Waals surface area contributed by atoms with E-state index in [0.717, 1.165) is 23.8 Å². The Morgan fingerprint density at radius 3 is 2.40 bits per heavy atom. The summed E-state index contributed by atoms with van der Waals surface area (Å²) < 4.78 is 0. The third kappa shape index (κ3) is 2.38. The maximum atomic E-state index is 2.79. The number of rotatable bonds is 3. The third-order valence-corrected chi connectivity index (χ3v) is 4.81. The molecule has 2 aliphatic rings. The monoisotopic (exact) mass is 209 g/mol. The van der Waals surface area contributed by atoms with Gasteiger partial charge in [0, 0.05) is 12.6 Å². The molecule has 1 saturated heterocycles. The lowest BCUT2D eigenvalue weighted by atomic mass is 9.76. The van der Waals surface area contributed by atoms with Crippen LogP contribution in [-0.4, -0.2) is 24.0 Å². The van der Waals surface area contributed by atoms with E-state index in [1.54, 1.807) is 0 Å². The van der Waals surface area contributed by atoms with Crippen LogP contribution in [0.25, 0.3) is 0 Å². The summed E-state index contributed by atoms with van der Waals surface area (Å²) in [6, 6.07) is 0.962. The molecule has 0 radical (unpaired) electrons. The second kappa shape index (κ2) is 4.86. The minimum atomic E-state index is 0.873. The zero-order chi connectivity index (χ0) is 10.8. The average molecular weight is 209 g/mol. The molecule has 1 aliphatic heterocycles. The Morgan fingerprint density at radius 1 is 1.20 bits per heavy atom. The second-order valence-electron chi connectivity index (χ2n) is 5.94. The predicted octanol–water partition coefficient (Wildman–Crippen LogP) is 3.54. The molecule has 2 atom stereocenters. The van der Waals surface area contributed by atoms with Crippen LogP contribution in [0.2, 0.25) is 0 Å². The van der Waals surface area contributed by atoms with Crippen molar-refractivity contribution in [2.45, 2.75) is 58.9 Å². The van der Waals surface area contributed by atoms with E-state index < -0.39 is 0 Å². The summed E-state index contributed by atoms with van der Waals surface area (Å²) in [6.45, 7) is 9.97. The van der Waals surface area contributed by atoms with Gasteiger partial charge in [-0.05, 0) is 43.6 Å². The maximum absolute atomic E-state index is 2.79. The van der Waals surface area contributed by atoms with Gasteiger partial charge in [0.15, 0.2) is 0 Å². The van der Waals surface area contributed by atoms with Gasteiger partial charge in [0.2, 0.25) is 0 Å². The molecule has 0 bridgehead atoms. The zero-order valence-corrected chi connectivity index (χ0v) is 10.7. The zero-order valence-electron chi connectivity index (χ0n) is 10.7. The van der Waals surface area contributed by atoms with E-state index in [0.29, 0.717) is 0 Å². The lowest BCUT2D eigenvalue weighted by molar-refractivity contribution is 0.0288. The molecule has 0 amide bonds. The highest BCUT2D eigenvalue weighted by Crippen LogP contribution is 2.35. The largest absolute Gasteiger partial charge is 0.300 e. The molecule has 0 N–H and O–H groups in total. The molecule has 0 unspecified atom stereocenters. The van der Waals surface area contributed by atoms with Crippen LogP contribution in [0.3, 0.4) is 0 Å². The first-order valence-electron chi connectivity index (χ1n) is 6.96. The molecule has 0 aromatic rings. The van der Waals surface area contributed by atoms with E-state index in [2.05, 4.69) is 25.7 Å². The molecule has 0 aromatic carbocycles. The van der Waals surface area contributed by atoms with Crippen molar-refractivity contribution >= 4 is 0 Å². The van der Waals surface area contributed by atoms with Crippen molar-refractivity contribution in [3.05, 3.63) is 0 Å². The van der Waals surface area contributed by atoms with Crippen molar-refractivity contribution in [3.8, 4) is 0 Å². The maximum Gasteiger partial charge on any atom is 0.00953 e. The minimum absolute atomic E-state index is 0.873. The van der Waals surface area contributed by atoms with Gasteiger partial charge in [-0.15, -0.1) is 0 Å². The Morgan fingerprint density at radius 2 is 1.93 bits per heavy atom. The third-order valence-electron chi connectivity index (χ3n) is 4.81. The fourth-order valence-electron chi connectivity index (χ4n) is 3.40. The molecule has 88 valence electrons. The molecule has 1 heteroatoms. The Bertz CT molecular complexity index is 196. The number of hydrogen-bond acceptors (Lipinski definition) is 1. The number of likely N-dealkylation sites (tertiary alicyclic amines) is 1. The van der Waals surface area contributed by atoms with E-state index in [4.69, 9.17) is 0 Å². The summed E-state index contributed by atoms with van der Waals surface area (Å²) in [6.07, 6.45) is 7.27. The fourth-order valence-corrected chi connectivity index (χ4v) is 3.40. The Balaban J connectivity index is 1.92. The van der Waals surface area contributed by atoms with Crippen LogP contribution in [0.4, 0.5) is 0 Å². The molecule has 1 saturated carbocycles. The smallest absolute Gasteiger partial charge is 0.00953 e. The van der Waals surface area contributed by atoms with Gasteiger partial charge in [0.25, 0.3) is 0 Å². The van der Waals surface area contributed by atoms with Gasteiger partial charge in [-0.1, -0.05) is 33.6 Å². The molecule has 0 spiro atoms. The molecular formula is C14H27N. The highest BCUT2D eigenvalue weighted by Gasteiger charge is 2.34. The summed E-state index contributed by atoms with van der Waals surface area (Å²) >= 11 is 0. The van der Waals surface area contributed by atoms with Gasteiger partial charge in [0.05, 0.1) is 0 Å². The second-order valence-corrected chi connectivity index (χ2v) is 5.94. The summed E-state index contributed by atoms with van der Waals surface area (Å²) in [5.74, 6) is 2.84. The fraction of sp³-hybridized carbons (Fsp3) is 1.00. The molecule has 2 fully saturated rings. The van der Waals surface area contributed by atoms with Crippen molar-refractivity contribution < 1.29 is 0 Å². The Labute approximate surface area is 95.2 Å². The Kier molecular flexibility index (Phi) is 3.71. The van der Waals surface area contributed by atoms with Crippen molar-refractivity contribution in [1.29, 1.82) is 0 Å². The van der Waals surface area contributed by atoms with Crippen molar-refractivity contribution in [2.24, 2.45) is 17.8 Å². The van der Waals surface area contributed by atoms with Crippen LogP contribution < -0.4 is 0 Å². The molecule has 2 rings (SSSR count). The molecule has 15 heavy (non-hydrogen) atoms. The van der Waals surface area contributed by atoms with Gasteiger partial charge in [0.1, 0.15) is 0 Å². The topological polar surface area (TPSA) is 3.24 Å². The van der Waals surface area contributed by atoms with Crippen molar-refractivity contribution in [3.63, 3.8) is 0 Å². The van der Waals surface area contributed by atoms with Gasteiger partial charge < -0.3 is 4.90 Å². The Hall–Kier alpha value is -0.0400. The van der Waals surface area contributed by atoms with Gasteiger partial charge >= 0.3 is 0 Å². The highest BCUT2D eigenvalue weighted by atomic mass is 15.2.